The predicted molar refractivity (Wildman–Crippen MR) is 91.8 cm³/mol. The Kier molecular flexibility index (Phi) is 3.79. The zero-order valence-corrected chi connectivity index (χ0v) is 13.9. The average Bonchev–Trinajstić information content (AvgIpc) is 3.24. The van der Waals surface area contributed by atoms with Crippen molar-refractivity contribution in [2.75, 3.05) is 13.1 Å². The summed E-state index contributed by atoms with van der Waals surface area (Å²) in [7, 11) is 0. The SMILES string of the molecule is C[C@@H](c1nc2scc(-c3ccco3)c2c(=O)[nH]1)N1CCCCC1. The van der Waals surface area contributed by atoms with Crippen molar-refractivity contribution in [2.45, 2.75) is 32.2 Å². The van der Waals surface area contributed by atoms with Crippen LogP contribution in [0.15, 0.2) is 33.0 Å². The first-order valence-electron chi connectivity index (χ1n) is 8.03. The number of thiophene rings is 1. The third kappa shape index (κ3) is 2.62. The maximum atomic E-state index is 12.6. The number of aromatic amines is 1. The van der Waals surface area contributed by atoms with E-state index in [0.717, 1.165) is 29.3 Å². The minimum Gasteiger partial charge on any atom is -0.464 e. The second kappa shape index (κ2) is 5.94. The maximum Gasteiger partial charge on any atom is 0.260 e. The number of likely N-dealkylation sites (tertiary alicyclic amines) is 1. The second-order valence-corrected chi connectivity index (χ2v) is 6.89. The van der Waals surface area contributed by atoms with Gasteiger partial charge in [0.15, 0.2) is 0 Å². The van der Waals surface area contributed by atoms with Gasteiger partial charge in [-0.3, -0.25) is 9.69 Å². The summed E-state index contributed by atoms with van der Waals surface area (Å²) in [6.07, 6.45) is 5.35. The molecule has 1 N–H and O–H groups in total. The van der Waals surface area contributed by atoms with Crippen molar-refractivity contribution in [2.24, 2.45) is 0 Å². The van der Waals surface area contributed by atoms with Crippen LogP contribution in [0.2, 0.25) is 0 Å². The fourth-order valence-corrected chi connectivity index (χ4v) is 4.19. The second-order valence-electron chi connectivity index (χ2n) is 6.03. The summed E-state index contributed by atoms with van der Waals surface area (Å²) in [5.41, 5.74) is 0.738. The van der Waals surface area contributed by atoms with Crippen LogP contribution in [0.3, 0.4) is 0 Å². The lowest BCUT2D eigenvalue weighted by atomic mass is 10.1. The smallest absolute Gasteiger partial charge is 0.260 e. The zero-order valence-electron chi connectivity index (χ0n) is 13.0. The molecule has 23 heavy (non-hydrogen) atoms. The molecular weight excluding hydrogens is 310 g/mol. The topological polar surface area (TPSA) is 62.1 Å². The molecule has 0 radical (unpaired) electrons. The molecule has 3 aromatic rings. The van der Waals surface area contributed by atoms with E-state index in [-0.39, 0.29) is 11.6 Å². The number of furan rings is 1. The van der Waals surface area contributed by atoms with Crippen LogP contribution in [0, 0.1) is 0 Å². The Morgan fingerprint density at radius 1 is 1.35 bits per heavy atom. The van der Waals surface area contributed by atoms with Crippen LogP contribution in [-0.4, -0.2) is 28.0 Å². The highest BCUT2D eigenvalue weighted by molar-refractivity contribution is 7.17. The Balaban J connectivity index is 1.75. The first-order valence-corrected chi connectivity index (χ1v) is 8.91. The predicted octanol–water partition coefficient (Wildman–Crippen LogP) is 3.79. The summed E-state index contributed by atoms with van der Waals surface area (Å²) in [5.74, 6) is 1.47. The number of fused-ring (bicyclic) bond motifs is 1. The molecular formula is C17H19N3O2S. The summed E-state index contributed by atoms with van der Waals surface area (Å²) in [4.78, 5) is 23.5. The minimum atomic E-state index is -0.0819. The van der Waals surface area contributed by atoms with Crippen molar-refractivity contribution in [3.8, 4) is 11.3 Å². The van der Waals surface area contributed by atoms with Gasteiger partial charge in [0.1, 0.15) is 16.4 Å². The van der Waals surface area contributed by atoms with Crippen molar-refractivity contribution in [1.82, 2.24) is 14.9 Å². The molecule has 1 saturated heterocycles. The highest BCUT2D eigenvalue weighted by Crippen LogP contribution is 2.32. The molecule has 6 heteroatoms. The summed E-state index contributed by atoms with van der Waals surface area (Å²) in [5, 5.41) is 2.57. The van der Waals surface area contributed by atoms with Crippen molar-refractivity contribution in [3.63, 3.8) is 0 Å². The summed E-state index contributed by atoms with van der Waals surface area (Å²) < 4.78 is 5.43. The van der Waals surface area contributed by atoms with Crippen molar-refractivity contribution >= 4 is 21.6 Å². The van der Waals surface area contributed by atoms with Crippen LogP contribution in [0.25, 0.3) is 21.5 Å². The summed E-state index contributed by atoms with van der Waals surface area (Å²) in [6.45, 7) is 4.27. The number of nitrogens with one attached hydrogen (secondary N) is 1. The first kappa shape index (κ1) is 14.7. The number of hydrogen-bond donors (Lipinski definition) is 1. The van der Waals surface area contributed by atoms with Crippen LogP contribution >= 0.6 is 11.3 Å². The molecule has 4 heterocycles. The van der Waals surface area contributed by atoms with E-state index >= 15 is 0 Å². The summed E-state index contributed by atoms with van der Waals surface area (Å²) >= 11 is 1.49. The third-order valence-electron chi connectivity index (χ3n) is 4.58. The van der Waals surface area contributed by atoms with Gasteiger partial charge in [-0.25, -0.2) is 4.98 Å². The maximum absolute atomic E-state index is 12.6. The monoisotopic (exact) mass is 329 g/mol. The Bertz CT molecular complexity index is 860. The number of rotatable bonds is 3. The molecule has 0 amide bonds. The van der Waals surface area contributed by atoms with E-state index in [1.165, 1.54) is 30.6 Å². The molecule has 0 aliphatic carbocycles. The van der Waals surface area contributed by atoms with Gasteiger partial charge in [-0.05, 0) is 45.0 Å². The third-order valence-corrected chi connectivity index (χ3v) is 5.46. The normalized spacial score (nSPS) is 17.6. The van der Waals surface area contributed by atoms with Gasteiger partial charge in [0.25, 0.3) is 5.56 Å². The molecule has 0 bridgehead atoms. The molecule has 0 spiro atoms. The van der Waals surface area contributed by atoms with Crippen LogP contribution in [0.5, 0.6) is 0 Å². The molecule has 3 aromatic heterocycles. The van der Waals surface area contributed by atoms with E-state index in [1.807, 2.05) is 17.5 Å². The zero-order chi connectivity index (χ0) is 15.8. The minimum absolute atomic E-state index is 0.0819. The van der Waals surface area contributed by atoms with Gasteiger partial charge in [-0.15, -0.1) is 11.3 Å². The van der Waals surface area contributed by atoms with E-state index < -0.39 is 0 Å². The molecule has 0 saturated carbocycles. The van der Waals surface area contributed by atoms with Crippen molar-refractivity contribution in [1.29, 1.82) is 0 Å². The Labute approximate surface area is 138 Å². The largest absolute Gasteiger partial charge is 0.464 e. The Hall–Kier alpha value is -1.92. The van der Waals surface area contributed by atoms with E-state index in [1.54, 1.807) is 6.26 Å². The molecule has 0 unspecified atom stereocenters. The fourth-order valence-electron chi connectivity index (χ4n) is 3.26. The molecule has 0 aromatic carbocycles. The fraction of sp³-hybridized carbons (Fsp3) is 0.412. The number of nitrogens with zero attached hydrogens (tertiary/aromatic N) is 2. The van der Waals surface area contributed by atoms with Gasteiger partial charge in [-0.1, -0.05) is 6.42 Å². The van der Waals surface area contributed by atoms with Gasteiger partial charge in [-0.2, -0.15) is 0 Å². The average molecular weight is 329 g/mol. The Morgan fingerprint density at radius 3 is 2.91 bits per heavy atom. The van der Waals surface area contributed by atoms with E-state index in [4.69, 9.17) is 9.40 Å². The number of piperidine rings is 1. The summed E-state index contributed by atoms with van der Waals surface area (Å²) in [6, 6.07) is 3.83. The van der Waals surface area contributed by atoms with Crippen LogP contribution in [0.1, 0.15) is 38.1 Å². The van der Waals surface area contributed by atoms with Crippen LogP contribution < -0.4 is 5.56 Å². The van der Waals surface area contributed by atoms with Gasteiger partial charge in [0, 0.05) is 10.9 Å². The quantitative estimate of drug-likeness (QED) is 0.794. The molecule has 1 aliphatic heterocycles. The van der Waals surface area contributed by atoms with Gasteiger partial charge in [0.2, 0.25) is 0 Å². The van der Waals surface area contributed by atoms with Gasteiger partial charge >= 0.3 is 0 Å². The number of hydrogen-bond acceptors (Lipinski definition) is 5. The standard InChI is InChI=1S/C17H19N3O2S/c1-11(20-7-3-2-4-8-20)15-18-16(21)14-12(10-23-17(14)19-15)13-6-5-9-22-13/h5-6,9-11H,2-4,7-8H2,1H3,(H,18,19,21)/t11-/m0/s1. The number of H-pyrrole nitrogens is 1. The van der Waals surface area contributed by atoms with Gasteiger partial charge in [0.05, 0.1) is 17.7 Å². The lowest BCUT2D eigenvalue weighted by Crippen LogP contribution is -2.34. The lowest BCUT2D eigenvalue weighted by molar-refractivity contribution is 0.169. The van der Waals surface area contributed by atoms with E-state index in [9.17, 15) is 4.79 Å². The molecule has 1 fully saturated rings. The lowest BCUT2D eigenvalue weighted by Gasteiger charge is -2.31. The molecule has 1 aliphatic rings. The molecule has 120 valence electrons. The van der Waals surface area contributed by atoms with Crippen LogP contribution in [0.4, 0.5) is 0 Å². The molecule has 1 atom stereocenters. The molecule has 5 nitrogen and oxygen atoms in total. The Morgan fingerprint density at radius 2 is 2.17 bits per heavy atom. The van der Waals surface area contributed by atoms with E-state index in [0.29, 0.717) is 11.1 Å². The van der Waals surface area contributed by atoms with Gasteiger partial charge < -0.3 is 9.40 Å². The van der Waals surface area contributed by atoms with Crippen molar-refractivity contribution < 1.29 is 4.42 Å². The first-order chi connectivity index (χ1) is 11.2. The van der Waals surface area contributed by atoms with Crippen molar-refractivity contribution in [3.05, 3.63) is 40.0 Å². The highest BCUT2D eigenvalue weighted by Gasteiger charge is 2.22. The van der Waals surface area contributed by atoms with E-state index in [2.05, 4.69) is 16.8 Å². The molecule has 4 rings (SSSR count). The number of aromatic nitrogens is 2. The van der Waals surface area contributed by atoms with Crippen LogP contribution in [-0.2, 0) is 0 Å². The highest BCUT2D eigenvalue weighted by atomic mass is 32.1.